The highest BCUT2D eigenvalue weighted by molar-refractivity contribution is 5.97. The van der Waals surface area contributed by atoms with Crippen LogP contribution in [0.5, 0.6) is 0 Å². The number of hydrogen-bond donors (Lipinski definition) is 4. The second-order valence-electron chi connectivity index (χ2n) is 4.07. The van der Waals surface area contributed by atoms with Crippen LogP contribution in [0.1, 0.15) is 23.2 Å². The zero-order valence-electron chi connectivity index (χ0n) is 10.9. The molecule has 7 heteroatoms. The van der Waals surface area contributed by atoms with Gasteiger partial charge in [-0.05, 0) is 18.2 Å². The molecule has 1 rings (SSSR count). The highest BCUT2D eigenvalue weighted by Gasteiger charge is 2.08. The molecular weight excluding hydrogens is 262 g/mol. The maximum atomic E-state index is 11.8. The van der Waals surface area contributed by atoms with Crippen LogP contribution in [0.15, 0.2) is 24.3 Å². The number of nitrogens with two attached hydrogens (primary N) is 1. The van der Waals surface area contributed by atoms with Crippen molar-refractivity contribution in [2.24, 2.45) is 5.73 Å². The molecule has 0 atom stereocenters. The molecule has 0 aliphatic rings. The third-order valence-corrected chi connectivity index (χ3v) is 2.40. The Hall–Kier alpha value is -2.41. The quantitative estimate of drug-likeness (QED) is 0.567. The molecule has 0 fully saturated rings. The Morgan fingerprint density at radius 2 is 1.95 bits per heavy atom. The van der Waals surface area contributed by atoms with E-state index < -0.39 is 5.97 Å². The average Bonchev–Trinajstić information content (AvgIpc) is 2.38. The first-order valence-corrected chi connectivity index (χ1v) is 6.13. The fraction of sp³-hybridized carbons (Fsp3) is 0.308. The number of amides is 2. The molecule has 1 aromatic rings. The number of nitrogens with one attached hydrogen (secondary N) is 2. The SMILES string of the molecule is NCCC(=O)Nc1cccc(C(=O)NCCC(=O)O)c1. The second-order valence-corrected chi connectivity index (χ2v) is 4.07. The molecule has 0 saturated heterocycles. The second kappa shape index (κ2) is 7.90. The molecule has 0 aromatic heterocycles. The largest absolute Gasteiger partial charge is 0.481 e. The number of carbonyl (C=O) groups excluding carboxylic acids is 2. The van der Waals surface area contributed by atoms with Gasteiger partial charge in [0.2, 0.25) is 5.91 Å². The maximum Gasteiger partial charge on any atom is 0.305 e. The van der Waals surface area contributed by atoms with E-state index in [4.69, 9.17) is 10.8 Å². The average molecular weight is 279 g/mol. The van der Waals surface area contributed by atoms with Crippen LogP contribution in [0, 0.1) is 0 Å². The standard InChI is InChI=1S/C13H17N3O4/c14-6-4-11(17)16-10-3-1-2-9(8-10)13(20)15-7-5-12(18)19/h1-3,8H,4-7,14H2,(H,15,20)(H,16,17)(H,18,19). The van der Waals surface area contributed by atoms with Gasteiger partial charge >= 0.3 is 5.97 Å². The lowest BCUT2D eigenvalue weighted by atomic mass is 10.2. The monoisotopic (exact) mass is 279 g/mol. The first-order valence-electron chi connectivity index (χ1n) is 6.13. The Labute approximate surface area is 116 Å². The Morgan fingerprint density at radius 3 is 2.60 bits per heavy atom. The minimum absolute atomic E-state index is 0.0535. The summed E-state index contributed by atoms with van der Waals surface area (Å²) in [7, 11) is 0. The molecule has 20 heavy (non-hydrogen) atoms. The van der Waals surface area contributed by atoms with Crippen molar-refractivity contribution in [1.29, 1.82) is 0 Å². The third-order valence-electron chi connectivity index (χ3n) is 2.40. The summed E-state index contributed by atoms with van der Waals surface area (Å²) in [4.78, 5) is 33.5. The molecule has 0 spiro atoms. The Morgan fingerprint density at radius 1 is 1.20 bits per heavy atom. The van der Waals surface area contributed by atoms with Crippen molar-refractivity contribution in [2.45, 2.75) is 12.8 Å². The minimum atomic E-state index is -0.979. The van der Waals surface area contributed by atoms with E-state index >= 15 is 0 Å². The number of carboxylic acids is 1. The Balaban J connectivity index is 2.60. The summed E-state index contributed by atoms with van der Waals surface area (Å²) in [5.41, 5.74) is 6.11. The summed E-state index contributed by atoms with van der Waals surface area (Å²) in [5.74, 6) is -1.59. The smallest absolute Gasteiger partial charge is 0.305 e. The van der Waals surface area contributed by atoms with E-state index in [-0.39, 0.29) is 37.7 Å². The number of benzene rings is 1. The van der Waals surface area contributed by atoms with Crippen molar-refractivity contribution < 1.29 is 19.5 Å². The van der Waals surface area contributed by atoms with E-state index in [1.165, 1.54) is 6.07 Å². The molecule has 0 saturated carbocycles. The van der Waals surface area contributed by atoms with Gasteiger partial charge in [0.05, 0.1) is 6.42 Å². The summed E-state index contributed by atoms with van der Waals surface area (Å²) < 4.78 is 0. The number of carboxylic acid groups (broad SMARTS) is 1. The number of carbonyl (C=O) groups is 3. The number of aliphatic carboxylic acids is 1. The van der Waals surface area contributed by atoms with E-state index in [1.54, 1.807) is 18.2 Å². The molecule has 2 amide bonds. The third kappa shape index (κ3) is 5.49. The van der Waals surface area contributed by atoms with Crippen LogP contribution in [0.3, 0.4) is 0 Å². The van der Waals surface area contributed by atoms with Gasteiger partial charge in [0.15, 0.2) is 0 Å². The number of rotatable bonds is 7. The fourth-order valence-electron chi connectivity index (χ4n) is 1.48. The summed E-state index contributed by atoms with van der Waals surface area (Å²) in [6.07, 6.45) is 0.0632. The maximum absolute atomic E-state index is 11.8. The molecule has 108 valence electrons. The zero-order chi connectivity index (χ0) is 15.0. The van der Waals surface area contributed by atoms with Crippen LogP contribution in [-0.4, -0.2) is 36.0 Å². The van der Waals surface area contributed by atoms with Crippen LogP contribution in [0.25, 0.3) is 0 Å². The topological polar surface area (TPSA) is 122 Å². The van der Waals surface area contributed by atoms with E-state index in [0.29, 0.717) is 11.3 Å². The van der Waals surface area contributed by atoms with Crippen molar-refractivity contribution >= 4 is 23.5 Å². The highest BCUT2D eigenvalue weighted by atomic mass is 16.4. The van der Waals surface area contributed by atoms with Crippen molar-refractivity contribution in [3.8, 4) is 0 Å². The fourth-order valence-corrected chi connectivity index (χ4v) is 1.48. The Kier molecular flexibility index (Phi) is 6.18. The lowest BCUT2D eigenvalue weighted by Gasteiger charge is -2.07. The lowest BCUT2D eigenvalue weighted by molar-refractivity contribution is -0.136. The normalized spacial score (nSPS) is 9.85. The molecular formula is C13H17N3O4. The van der Waals surface area contributed by atoms with Crippen molar-refractivity contribution in [1.82, 2.24) is 5.32 Å². The predicted octanol–water partition coefficient (Wildman–Crippen LogP) is 0.178. The van der Waals surface area contributed by atoms with E-state index in [2.05, 4.69) is 10.6 Å². The number of anilines is 1. The van der Waals surface area contributed by atoms with Gasteiger partial charge in [0.25, 0.3) is 5.91 Å². The van der Waals surface area contributed by atoms with Gasteiger partial charge in [-0.25, -0.2) is 0 Å². The van der Waals surface area contributed by atoms with Gasteiger partial charge < -0.3 is 21.5 Å². The van der Waals surface area contributed by atoms with E-state index in [9.17, 15) is 14.4 Å². The molecule has 0 aliphatic carbocycles. The van der Waals surface area contributed by atoms with Crippen molar-refractivity contribution in [3.63, 3.8) is 0 Å². The van der Waals surface area contributed by atoms with Crippen molar-refractivity contribution in [3.05, 3.63) is 29.8 Å². The van der Waals surface area contributed by atoms with Crippen LogP contribution < -0.4 is 16.4 Å². The molecule has 1 aromatic carbocycles. The highest BCUT2D eigenvalue weighted by Crippen LogP contribution is 2.10. The summed E-state index contributed by atoms with van der Waals surface area (Å²) in [5, 5.41) is 13.6. The summed E-state index contributed by atoms with van der Waals surface area (Å²) in [6.45, 7) is 0.305. The van der Waals surface area contributed by atoms with Gasteiger partial charge in [-0.15, -0.1) is 0 Å². The number of hydrogen-bond acceptors (Lipinski definition) is 4. The van der Waals surface area contributed by atoms with Gasteiger partial charge in [0.1, 0.15) is 0 Å². The first-order chi connectivity index (χ1) is 9.52. The van der Waals surface area contributed by atoms with Crippen LogP contribution in [0.2, 0.25) is 0 Å². The molecule has 0 radical (unpaired) electrons. The Bertz CT molecular complexity index is 502. The molecule has 0 unspecified atom stereocenters. The van der Waals surface area contributed by atoms with Crippen LogP contribution in [0.4, 0.5) is 5.69 Å². The van der Waals surface area contributed by atoms with Gasteiger partial charge in [-0.1, -0.05) is 6.07 Å². The minimum Gasteiger partial charge on any atom is -0.481 e. The zero-order valence-corrected chi connectivity index (χ0v) is 10.9. The molecule has 0 heterocycles. The van der Waals surface area contributed by atoms with Gasteiger partial charge in [0, 0.05) is 30.8 Å². The van der Waals surface area contributed by atoms with E-state index in [0.717, 1.165) is 0 Å². The van der Waals surface area contributed by atoms with Crippen LogP contribution in [-0.2, 0) is 9.59 Å². The van der Waals surface area contributed by atoms with Gasteiger partial charge in [-0.3, -0.25) is 14.4 Å². The molecule has 7 nitrogen and oxygen atoms in total. The molecule has 0 aliphatic heterocycles. The predicted molar refractivity (Wildman–Crippen MR) is 73.3 cm³/mol. The first kappa shape index (κ1) is 15.6. The summed E-state index contributed by atoms with van der Waals surface area (Å²) >= 11 is 0. The molecule has 5 N–H and O–H groups in total. The van der Waals surface area contributed by atoms with Crippen LogP contribution >= 0.6 is 0 Å². The lowest BCUT2D eigenvalue weighted by Crippen LogP contribution is -2.26. The summed E-state index contributed by atoms with van der Waals surface area (Å²) in [6, 6.07) is 6.38. The van der Waals surface area contributed by atoms with E-state index in [1.807, 2.05) is 0 Å². The van der Waals surface area contributed by atoms with Crippen molar-refractivity contribution in [2.75, 3.05) is 18.4 Å². The molecule has 0 bridgehead atoms. The van der Waals surface area contributed by atoms with Gasteiger partial charge in [-0.2, -0.15) is 0 Å².